The molecule has 0 amide bonds. The highest BCUT2D eigenvalue weighted by atomic mass is 15.1. The molecule has 4 nitrogen and oxygen atoms in total. The molecular weight excluding hydrogens is 308 g/mol. The third-order valence-corrected chi connectivity index (χ3v) is 4.18. The van der Waals surface area contributed by atoms with E-state index < -0.39 is 0 Å². The standard InChI is InChI=1S/C21H20N4/c1-14-10-15(2)20(16(3)11-14)12-19-8-9-23-21(25-19)24-18-6-4-17(13-22)5-7-18/h4-11H,12H2,1-3H3,(H,23,24,25). The molecule has 1 N–H and O–H groups in total. The summed E-state index contributed by atoms with van der Waals surface area (Å²) in [6.45, 7) is 6.41. The second-order valence-electron chi connectivity index (χ2n) is 6.24. The molecule has 0 fully saturated rings. The van der Waals surface area contributed by atoms with Gasteiger partial charge in [0.15, 0.2) is 0 Å². The normalized spacial score (nSPS) is 10.3. The van der Waals surface area contributed by atoms with Crippen LogP contribution in [0.25, 0.3) is 0 Å². The highest BCUT2D eigenvalue weighted by Gasteiger charge is 2.07. The SMILES string of the molecule is Cc1cc(C)c(Cc2ccnc(Nc3ccc(C#N)cc3)n2)c(C)c1. The lowest BCUT2D eigenvalue weighted by Crippen LogP contribution is -2.02. The Labute approximate surface area is 148 Å². The summed E-state index contributed by atoms with van der Waals surface area (Å²) < 4.78 is 0. The Kier molecular flexibility index (Phi) is 4.76. The number of nitrogens with one attached hydrogen (secondary N) is 1. The molecule has 0 saturated carbocycles. The van der Waals surface area contributed by atoms with Gasteiger partial charge in [-0.3, -0.25) is 0 Å². The van der Waals surface area contributed by atoms with E-state index in [4.69, 9.17) is 5.26 Å². The summed E-state index contributed by atoms with van der Waals surface area (Å²) >= 11 is 0. The van der Waals surface area contributed by atoms with Crippen LogP contribution in [0, 0.1) is 32.1 Å². The molecule has 1 aromatic heterocycles. The van der Waals surface area contributed by atoms with Gasteiger partial charge in [-0.15, -0.1) is 0 Å². The molecule has 0 unspecified atom stereocenters. The molecule has 4 heteroatoms. The zero-order valence-electron chi connectivity index (χ0n) is 14.7. The fourth-order valence-corrected chi connectivity index (χ4v) is 2.98. The van der Waals surface area contributed by atoms with Gasteiger partial charge in [-0.2, -0.15) is 5.26 Å². The summed E-state index contributed by atoms with van der Waals surface area (Å²) in [4.78, 5) is 8.91. The molecule has 3 aromatic rings. The Balaban J connectivity index is 1.81. The van der Waals surface area contributed by atoms with Gasteiger partial charge in [0.25, 0.3) is 0 Å². The van der Waals surface area contributed by atoms with Crippen molar-refractivity contribution >= 4 is 11.6 Å². The average molecular weight is 328 g/mol. The van der Waals surface area contributed by atoms with Gasteiger partial charge >= 0.3 is 0 Å². The molecule has 0 aliphatic carbocycles. The number of aryl methyl sites for hydroxylation is 3. The van der Waals surface area contributed by atoms with Crippen LogP contribution < -0.4 is 5.32 Å². The van der Waals surface area contributed by atoms with Gasteiger partial charge in [0.1, 0.15) is 0 Å². The summed E-state index contributed by atoms with van der Waals surface area (Å²) in [6, 6.07) is 15.7. The largest absolute Gasteiger partial charge is 0.324 e. The molecule has 25 heavy (non-hydrogen) atoms. The van der Waals surface area contributed by atoms with Crippen LogP contribution in [-0.2, 0) is 6.42 Å². The number of hydrogen-bond donors (Lipinski definition) is 1. The minimum atomic E-state index is 0.560. The van der Waals surface area contributed by atoms with E-state index in [0.29, 0.717) is 11.5 Å². The number of hydrogen-bond acceptors (Lipinski definition) is 4. The summed E-state index contributed by atoms with van der Waals surface area (Å²) in [6.07, 6.45) is 2.55. The van der Waals surface area contributed by atoms with Gasteiger partial charge < -0.3 is 5.32 Å². The second-order valence-corrected chi connectivity index (χ2v) is 6.24. The third-order valence-electron chi connectivity index (χ3n) is 4.18. The maximum Gasteiger partial charge on any atom is 0.227 e. The Hall–Kier alpha value is -3.19. The zero-order chi connectivity index (χ0) is 17.8. The summed E-state index contributed by atoms with van der Waals surface area (Å²) in [7, 11) is 0. The molecule has 0 saturated heterocycles. The highest BCUT2D eigenvalue weighted by Crippen LogP contribution is 2.20. The van der Waals surface area contributed by atoms with Gasteiger partial charge in [0.05, 0.1) is 17.3 Å². The van der Waals surface area contributed by atoms with Crippen LogP contribution in [0.5, 0.6) is 0 Å². The Morgan fingerprint density at radius 3 is 2.32 bits per heavy atom. The van der Waals surface area contributed by atoms with Gasteiger partial charge in [-0.05, 0) is 67.8 Å². The maximum atomic E-state index is 8.86. The molecule has 3 rings (SSSR count). The Morgan fingerprint density at radius 2 is 1.68 bits per heavy atom. The first-order valence-corrected chi connectivity index (χ1v) is 8.21. The zero-order valence-corrected chi connectivity index (χ0v) is 14.7. The molecule has 1 heterocycles. The van der Waals surface area contributed by atoms with E-state index in [1.165, 1.54) is 22.3 Å². The van der Waals surface area contributed by atoms with Crippen LogP contribution in [0.15, 0.2) is 48.7 Å². The van der Waals surface area contributed by atoms with Crippen molar-refractivity contribution in [2.45, 2.75) is 27.2 Å². The molecule has 0 radical (unpaired) electrons. The predicted octanol–water partition coefficient (Wildman–Crippen LogP) is 4.61. The summed E-state index contributed by atoms with van der Waals surface area (Å²) in [5, 5.41) is 12.0. The quantitative estimate of drug-likeness (QED) is 0.760. The summed E-state index contributed by atoms with van der Waals surface area (Å²) in [5.74, 6) is 0.560. The lowest BCUT2D eigenvalue weighted by Gasteiger charge is -2.12. The number of anilines is 2. The van der Waals surface area contributed by atoms with Crippen LogP contribution in [-0.4, -0.2) is 9.97 Å². The summed E-state index contributed by atoms with van der Waals surface area (Å²) in [5.41, 5.74) is 7.64. The number of benzene rings is 2. The first-order valence-electron chi connectivity index (χ1n) is 8.21. The fraction of sp³-hybridized carbons (Fsp3) is 0.190. The lowest BCUT2D eigenvalue weighted by molar-refractivity contribution is 1.01. The van der Waals surface area contributed by atoms with Crippen LogP contribution >= 0.6 is 0 Å². The second kappa shape index (κ2) is 7.14. The Bertz CT molecular complexity index is 914. The van der Waals surface area contributed by atoms with Crippen LogP contribution in [0.3, 0.4) is 0 Å². The smallest absolute Gasteiger partial charge is 0.227 e. The van der Waals surface area contributed by atoms with E-state index in [1.54, 1.807) is 18.3 Å². The van der Waals surface area contributed by atoms with Crippen molar-refractivity contribution in [3.05, 3.63) is 82.2 Å². The molecule has 2 aromatic carbocycles. The predicted molar refractivity (Wildman–Crippen MR) is 99.9 cm³/mol. The van der Waals surface area contributed by atoms with Crippen molar-refractivity contribution in [2.75, 3.05) is 5.32 Å². The van der Waals surface area contributed by atoms with Crippen molar-refractivity contribution in [3.63, 3.8) is 0 Å². The molecular formula is C21H20N4. The molecule has 0 aliphatic rings. The van der Waals surface area contributed by atoms with E-state index in [0.717, 1.165) is 17.8 Å². The highest BCUT2D eigenvalue weighted by molar-refractivity contribution is 5.55. The monoisotopic (exact) mass is 328 g/mol. The third kappa shape index (κ3) is 4.02. The molecule has 124 valence electrons. The van der Waals surface area contributed by atoms with Crippen molar-refractivity contribution in [3.8, 4) is 6.07 Å². The number of aromatic nitrogens is 2. The lowest BCUT2D eigenvalue weighted by atomic mass is 9.96. The van der Waals surface area contributed by atoms with Gasteiger partial charge in [0.2, 0.25) is 5.95 Å². The van der Waals surface area contributed by atoms with E-state index in [-0.39, 0.29) is 0 Å². The van der Waals surface area contributed by atoms with Crippen LogP contribution in [0.1, 0.15) is 33.5 Å². The fourth-order valence-electron chi connectivity index (χ4n) is 2.98. The molecule has 0 aliphatic heterocycles. The van der Waals surface area contributed by atoms with Crippen LogP contribution in [0.4, 0.5) is 11.6 Å². The van der Waals surface area contributed by atoms with E-state index >= 15 is 0 Å². The van der Waals surface area contributed by atoms with E-state index in [1.807, 2.05) is 18.2 Å². The van der Waals surface area contributed by atoms with Crippen molar-refractivity contribution in [1.82, 2.24) is 9.97 Å². The number of nitrogens with zero attached hydrogens (tertiary/aromatic N) is 3. The van der Waals surface area contributed by atoms with E-state index in [9.17, 15) is 0 Å². The van der Waals surface area contributed by atoms with E-state index in [2.05, 4.69) is 54.3 Å². The number of rotatable bonds is 4. The average Bonchev–Trinajstić information content (AvgIpc) is 2.59. The van der Waals surface area contributed by atoms with Crippen molar-refractivity contribution in [2.24, 2.45) is 0 Å². The molecule has 0 spiro atoms. The van der Waals surface area contributed by atoms with Gasteiger partial charge in [0, 0.05) is 18.3 Å². The van der Waals surface area contributed by atoms with Crippen molar-refractivity contribution < 1.29 is 0 Å². The van der Waals surface area contributed by atoms with Gasteiger partial charge in [-0.25, -0.2) is 9.97 Å². The van der Waals surface area contributed by atoms with Gasteiger partial charge in [-0.1, -0.05) is 17.7 Å². The maximum absolute atomic E-state index is 8.86. The molecule has 0 atom stereocenters. The first kappa shape index (κ1) is 16.7. The molecule has 0 bridgehead atoms. The minimum Gasteiger partial charge on any atom is -0.324 e. The minimum absolute atomic E-state index is 0.560. The van der Waals surface area contributed by atoms with Crippen molar-refractivity contribution in [1.29, 1.82) is 5.26 Å². The number of nitriles is 1. The first-order chi connectivity index (χ1) is 12.0. The Morgan fingerprint density at radius 1 is 1.00 bits per heavy atom. The topological polar surface area (TPSA) is 61.6 Å². The van der Waals surface area contributed by atoms with Crippen LogP contribution in [0.2, 0.25) is 0 Å².